The predicted molar refractivity (Wildman–Crippen MR) is 214 cm³/mol. The van der Waals surface area contributed by atoms with Gasteiger partial charge in [-0.2, -0.15) is 0 Å². The number of hydrogen-bond donors (Lipinski definition) is 2. The minimum Gasteiger partial charge on any atom is -0.463 e. The van der Waals surface area contributed by atoms with Gasteiger partial charge >= 0.3 is 5.97 Å². The van der Waals surface area contributed by atoms with E-state index in [2.05, 4.69) is 5.32 Å². The highest BCUT2D eigenvalue weighted by molar-refractivity contribution is 8.93. The molecule has 4 aromatic rings. The van der Waals surface area contributed by atoms with Gasteiger partial charge in [0.1, 0.15) is 53.3 Å². The third kappa shape index (κ3) is 12.8. The number of alkyl halides is 2. The summed E-state index contributed by atoms with van der Waals surface area (Å²) >= 11 is 11.3. The summed E-state index contributed by atoms with van der Waals surface area (Å²) in [5.74, 6) is -2.40. The van der Waals surface area contributed by atoms with Gasteiger partial charge in [-0.15, -0.1) is 17.0 Å². The van der Waals surface area contributed by atoms with Crippen LogP contribution in [0.15, 0.2) is 97.1 Å². The number of halogens is 6. The Labute approximate surface area is 333 Å². The molecule has 0 unspecified atom stereocenters. The molecule has 0 saturated carbocycles. The zero-order valence-corrected chi connectivity index (χ0v) is 33.3. The van der Waals surface area contributed by atoms with Crippen LogP contribution < -0.4 is 21.2 Å². The molecule has 0 saturated heterocycles. The van der Waals surface area contributed by atoms with Crippen LogP contribution in [-0.4, -0.2) is 45.6 Å². The molecule has 54 heavy (non-hydrogen) atoms. The Bertz CT molecular complexity index is 1680. The van der Waals surface area contributed by atoms with E-state index in [0.717, 1.165) is 60.6 Å². The number of nitrogens with one attached hydrogen (secondary N) is 1. The van der Waals surface area contributed by atoms with Crippen LogP contribution in [-0.2, 0) is 14.3 Å². The number of aliphatic hydroxyl groups excluding tert-OH is 1. The predicted octanol–water partition coefficient (Wildman–Crippen LogP) is 8.57. The number of ether oxygens (including phenoxy) is 1. The van der Waals surface area contributed by atoms with Crippen LogP contribution >= 0.6 is 47.4 Å². The van der Waals surface area contributed by atoms with E-state index in [1.165, 1.54) is 60.7 Å². The number of carbonyl (C=O) groups excluding carboxylic acids is 2. The number of hydrogen-bond acceptors (Lipinski definition) is 6. The summed E-state index contributed by atoms with van der Waals surface area (Å²) < 4.78 is 47.4. The van der Waals surface area contributed by atoms with Gasteiger partial charge in [0.2, 0.25) is 0 Å². The van der Waals surface area contributed by atoms with E-state index in [4.69, 9.17) is 27.9 Å². The second-order valence-electron chi connectivity index (χ2n) is 12.6. The summed E-state index contributed by atoms with van der Waals surface area (Å²) in [7, 11) is -2.37. The molecular weight excluding hydrogens is 831 g/mol. The van der Waals surface area contributed by atoms with Crippen LogP contribution in [0.5, 0.6) is 0 Å². The maximum atomic E-state index is 14.0. The number of aliphatic hydroxyl groups is 1. The number of non-ortho nitro benzene ring substituents is 1. The minimum atomic E-state index is -2.37. The number of amides is 1. The van der Waals surface area contributed by atoms with E-state index in [1.54, 1.807) is 36.4 Å². The molecule has 0 fully saturated rings. The molecule has 0 aromatic heterocycles. The molecule has 8 nitrogen and oxygen atoms in total. The maximum absolute atomic E-state index is 14.0. The highest BCUT2D eigenvalue weighted by atomic mass is 79.9. The molecule has 0 radical (unpaired) electrons. The van der Waals surface area contributed by atoms with Crippen LogP contribution in [0.1, 0.15) is 63.0 Å². The number of nitrogens with zero attached hydrogens (tertiary/aromatic N) is 1. The van der Waals surface area contributed by atoms with Crippen molar-refractivity contribution in [2.24, 2.45) is 0 Å². The molecule has 0 aliphatic carbocycles. The molecule has 0 aliphatic heterocycles. The van der Waals surface area contributed by atoms with E-state index in [-0.39, 0.29) is 58.7 Å². The Morgan fingerprint density at radius 1 is 0.722 bits per heavy atom. The fraction of sp³-hybridized carbons (Fsp3) is 0.333. The SMILES string of the molecule is Br.O=C(CCCCCCCCC[P+](c1ccc(F)cc1)(c1ccc(F)cc1)c1ccc(F)cc1)OC[C@H](NC(=O)C(Cl)Cl)[C@H](O)c1ccc([N+](=O)[O-])cc1. The number of unbranched alkanes of at least 4 members (excludes halogenated alkanes) is 6. The van der Waals surface area contributed by atoms with E-state index < -0.39 is 41.0 Å². The van der Waals surface area contributed by atoms with Crippen LogP contribution in [0.3, 0.4) is 0 Å². The summed E-state index contributed by atoms with van der Waals surface area (Å²) in [6.45, 7) is -0.374. The summed E-state index contributed by atoms with van der Waals surface area (Å²) in [6.07, 6.45) is 5.33. The van der Waals surface area contributed by atoms with Gasteiger partial charge in [0.05, 0.1) is 17.1 Å². The van der Waals surface area contributed by atoms with Gasteiger partial charge in [0.25, 0.3) is 11.6 Å². The molecule has 1 amide bonds. The zero-order valence-electron chi connectivity index (χ0n) is 29.2. The van der Waals surface area contributed by atoms with Crippen LogP contribution in [0.4, 0.5) is 18.9 Å². The average molecular weight is 874 g/mol. The smallest absolute Gasteiger partial charge is 0.305 e. The Morgan fingerprint density at radius 2 is 1.15 bits per heavy atom. The molecule has 0 heterocycles. The molecule has 2 atom stereocenters. The van der Waals surface area contributed by atoms with Crippen molar-refractivity contribution in [1.82, 2.24) is 5.32 Å². The Kier molecular flexibility index (Phi) is 18.4. The molecule has 0 aliphatic rings. The maximum Gasteiger partial charge on any atom is 0.305 e. The van der Waals surface area contributed by atoms with Crippen molar-refractivity contribution < 1.29 is 37.5 Å². The number of carbonyl (C=O) groups is 2. The number of rotatable bonds is 20. The van der Waals surface area contributed by atoms with Gasteiger partial charge in [-0.3, -0.25) is 19.7 Å². The largest absolute Gasteiger partial charge is 0.463 e. The van der Waals surface area contributed by atoms with Gasteiger partial charge in [-0.25, -0.2) is 13.2 Å². The standard InChI is InChI=1S/C39H40Cl2F3N2O6P.BrH/c40-38(41)39(49)45-35(37(48)27-9-17-31(18-10-27)46(50)51)26-52-36(47)8-6-4-2-1-3-5-7-25-53(32-19-11-28(42)12-20-32,33-21-13-29(43)14-22-33)34-23-15-30(44)16-24-34;/h9-24,35,37-38,48H,1-8,25-26H2;1H/p+1/t35-,37+;/m0./s1. The highest BCUT2D eigenvalue weighted by Gasteiger charge is 2.45. The lowest BCUT2D eigenvalue weighted by Gasteiger charge is -2.28. The summed E-state index contributed by atoms with van der Waals surface area (Å²) in [4.78, 5) is 33.6. The Balaban J connectivity index is 0.00000784. The number of benzene rings is 4. The third-order valence-corrected chi connectivity index (χ3v) is 13.9. The fourth-order valence-corrected chi connectivity index (χ4v) is 10.6. The van der Waals surface area contributed by atoms with Gasteiger partial charge in [-0.1, -0.05) is 48.9 Å². The molecule has 0 spiro atoms. The monoisotopic (exact) mass is 871 g/mol. The van der Waals surface area contributed by atoms with Crippen LogP contribution in [0.2, 0.25) is 0 Å². The van der Waals surface area contributed by atoms with Crippen LogP contribution in [0.25, 0.3) is 0 Å². The number of nitro groups is 1. The molecule has 0 bridgehead atoms. The van der Waals surface area contributed by atoms with Gasteiger partial charge < -0.3 is 15.2 Å². The summed E-state index contributed by atoms with van der Waals surface area (Å²) in [5, 5.41) is 27.0. The molecular formula is C39H42BrCl2F3N2O6P+. The Morgan fingerprint density at radius 3 is 1.57 bits per heavy atom. The number of nitro benzene ring substituents is 1. The van der Waals surface area contributed by atoms with Crippen molar-refractivity contribution in [3.63, 3.8) is 0 Å². The molecule has 2 N–H and O–H groups in total. The lowest BCUT2D eigenvalue weighted by molar-refractivity contribution is -0.384. The molecule has 4 aromatic carbocycles. The molecule has 290 valence electrons. The zero-order chi connectivity index (χ0) is 38.4. The van der Waals surface area contributed by atoms with Crippen molar-refractivity contribution >= 4 is 80.9 Å². The van der Waals surface area contributed by atoms with E-state index in [1.807, 2.05) is 0 Å². The highest BCUT2D eigenvalue weighted by Crippen LogP contribution is 2.56. The average Bonchev–Trinajstić information content (AvgIpc) is 3.15. The Hall–Kier alpha value is -3.54. The first kappa shape index (κ1) is 44.9. The molecule has 15 heteroatoms. The summed E-state index contributed by atoms with van der Waals surface area (Å²) in [6, 6.07) is 23.1. The first-order valence-corrected chi connectivity index (χ1v) is 20.1. The van der Waals surface area contributed by atoms with Gasteiger partial charge in [0.15, 0.2) is 4.84 Å². The second-order valence-corrected chi connectivity index (χ2v) is 17.3. The lowest BCUT2D eigenvalue weighted by Crippen LogP contribution is -2.45. The van der Waals surface area contributed by atoms with Crippen molar-refractivity contribution in [2.75, 3.05) is 12.8 Å². The van der Waals surface area contributed by atoms with E-state index in [0.29, 0.717) is 6.42 Å². The van der Waals surface area contributed by atoms with Gasteiger partial charge in [0, 0.05) is 18.6 Å². The van der Waals surface area contributed by atoms with Crippen molar-refractivity contribution in [3.05, 3.63) is 130 Å². The van der Waals surface area contributed by atoms with Crippen molar-refractivity contribution in [3.8, 4) is 0 Å². The van der Waals surface area contributed by atoms with E-state index >= 15 is 0 Å². The number of esters is 1. The van der Waals surface area contributed by atoms with Crippen LogP contribution in [0, 0.1) is 27.6 Å². The first-order chi connectivity index (χ1) is 25.4. The first-order valence-electron chi connectivity index (χ1n) is 17.2. The molecule has 4 rings (SSSR count). The minimum absolute atomic E-state index is 0. The van der Waals surface area contributed by atoms with E-state index in [9.17, 15) is 38.0 Å². The quantitative estimate of drug-likeness (QED) is 0.0230. The summed E-state index contributed by atoms with van der Waals surface area (Å²) in [5.41, 5.74) is 0.0788. The van der Waals surface area contributed by atoms with Crippen molar-refractivity contribution in [1.29, 1.82) is 0 Å². The van der Waals surface area contributed by atoms with Crippen molar-refractivity contribution in [2.45, 2.75) is 68.3 Å². The fourth-order valence-electron chi connectivity index (χ4n) is 6.16. The topological polar surface area (TPSA) is 119 Å². The van der Waals surface area contributed by atoms with Gasteiger partial charge in [-0.05, 0) is 110 Å². The lowest BCUT2D eigenvalue weighted by atomic mass is 10.0. The third-order valence-electron chi connectivity index (χ3n) is 8.95. The second kappa shape index (κ2) is 22.1. The normalized spacial score (nSPS) is 12.4.